The quantitative estimate of drug-likeness (QED) is 0.674. The second-order valence-electron chi connectivity index (χ2n) is 5.97. The van der Waals surface area contributed by atoms with E-state index in [0.717, 1.165) is 12.2 Å². The molecule has 0 aliphatic carbocycles. The number of rotatable bonds is 2. The van der Waals surface area contributed by atoms with Crippen LogP contribution in [0.25, 0.3) is 10.8 Å². The van der Waals surface area contributed by atoms with Crippen molar-refractivity contribution in [1.29, 1.82) is 0 Å². The second kappa shape index (κ2) is 5.44. The lowest BCUT2D eigenvalue weighted by Crippen LogP contribution is -2.04. The van der Waals surface area contributed by atoms with Crippen molar-refractivity contribution >= 4 is 23.4 Å². The molecule has 0 unspecified atom stereocenters. The predicted molar refractivity (Wildman–Crippen MR) is 94.4 cm³/mol. The van der Waals surface area contributed by atoms with Crippen molar-refractivity contribution in [2.45, 2.75) is 60.6 Å². The predicted octanol–water partition coefficient (Wildman–Crippen LogP) is 5.68. The highest BCUT2D eigenvalue weighted by molar-refractivity contribution is 7.79. The molecule has 0 nitrogen and oxygen atoms in total. The van der Waals surface area contributed by atoms with Crippen LogP contribution in [0.4, 0.5) is 0 Å². The number of aryl methyl sites for hydroxylation is 4. The fourth-order valence-electron chi connectivity index (χ4n) is 3.77. The number of hydrogen-bond acceptors (Lipinski definition) is 1. The Balaban J connectivity index is 3.15. The third-order valence-electron chi connectivity index (χ3n) is 5.20. The maximum atomic E-state index is 4.55. The molecule has 0 spiro atoms. The van der Waals surface area contributed by atoms with Crippen LogP contribution in [0.3, 0.4) is 0 Å². The molecule has 2 aromatic rings. The minimum Gasteiger partial charge on any atom is -0.175 e. The smallest absolute Gasteiger partial charge is 0.0159 e. The molecule has 0 fully saturated rings. The van der Waals surface area contributed by atoms with Crippen LogP contribution in [-0.4, -0.2) is 0 Å². The van der Waals surface area contributed by atoms with Gasteiger partial charge in [-0.05, 0) is 103 Å². The summed E-state index contributed by atoms with van der Waals surface area (Å²) in [4.78, 5) is 0. The Bertz CT molecular complexity index is 632. The van der Waals surface area contributed by atoms with E-state index in [4.69, 9.17) is 0 Å². The van der Waals surface area contributed by atoms with Crippen LogP contribution in [0.1, 0.15) is 51.4 Å². The summed E-state index contributed by atoms with van der Waals surface area (Å²) >= 11 is 4.55. The summed E-state index contributed by atoms with van der Waals surface area (Å²) in [5.74, 6) is 0.821. The molecule has 1 heteroatoms. The van der Waals surface area contributed by atoms with E-state index >= 15 is 0 Å². The van der Waals surface area contributed by atoms with E-state index in [1.807, 2.05) is 0 Å². The topological polar surface area (TPSA) is 0 Å². The number of benzene rings is 2. The van der Waals surface area contributed by atoms with Crippen molar-refractivity contribution < 1.29 is 0 Å². The highest BCUT2D eigenvalue weighted by Gasteiger charge is 2.18. The van der Waals surface area contributed by atoms with Crippen LogP contribution in [0, 0.1) is 41.5 Å². The molecule has 0 amide bonds. The maximum Gasteiger partial charge on any atom is 0.0159 e. The summed E-state index contributed by atoms with van der Waals surface area (Å²) in [6, 6.07) is 0. The second-order valence-corrected chi connectivity index (χ2v) is 6.29. The maximum absolute atomic E-state index is 4.55. The minimum atomic E-state index is 0.821. The zero-order valence-corrected chi connectivity index (χ0v) is 14.8. The Labute approximate surface area is 129 Å². The fraction of sp³-hybridized carbons (Fsp3) is 0.474. The van der Waals surface area contributed by atoms with Crippen molar-refractivity contribution in [2.75, 3.05) is 0 Å². The lowest BCUT2D eigenvalue weighted by Gasteiger charge is -2.23. The third kappa shape index (κ3) is 1.98. The first-order valence-electron chi connectivity index (χ1n) is 7.48. The highest BCUT2D eigenvalue weighted by atomic mass is 32.1. The van der Waals surface area contributed by atoms with Gasteiger partial charge in [-0.15, -0.1) is 0 Å². The fourth-order valence-corrected chi connectivity index (χ4v) is 4.25. The van der Waals surface area contributed by atoms with Crippen molar-refractivity contribution in [2.24, 2.45) is 0 Å². The van der Waals surface area contributed by atoms with Gasteiger partial charge in [0.1, 0.15) is 0 Å². The first kappa shape index (κ1) is 15.4. The van der Waals surface area contributed by atoms with Crippen LogP contribution in [0.15, 0.2) is 0 Å². The number of thiol groups is 1. The molecule has 20 heavy (non-hydrogen) atoms. The molecule has 0 N–H and O–H groups in total. The third-order valence-corrected chi connectivity index (χ3v) is 5.51. The molecular weight excluding hydrogens is 260 g/mol. The van der Waals surface area contributed by atoms with Gasteiger partial charge in [0.25, 0.3) is 0 Å². The van der Waals surface area contributed by atoms with Crippen LogP contribution < -0.4 is 0 Å². The van der Waals surface area contributed by atoms with Gasteiger partial charge in [0.05, 0.1) is 0 Å². The van der Waals surface area contributed by atoms with E-state index in [9.17, 15) is 0 Å². The van der Waals surface area contributed by atoms with Crippen LogP contribution in [0.2, 0.25) is 0 Å². The number of fused-ring (bicyclic) bond motifs is 1. The Morgan fingerprint density at radius 2 is 1.00 bits per heavy atom. The molecule has 0 atom stereocenters. The van der Waals surface area contributed by atoms with Gasteiger partial charge in [0, 0.05) is 5.75 Å². The van der Waals surface area contributed by atoms with Gasteiger partial charge in [-0.2, -0.15) is 12.6 Å². The molecule has 0 saturated heterocycles. The summed E-state index contributed by atoms with van der Waals surface area (Å²) in [6.45, 7) is 15.9. The molecule has 0 heterocycles. The lowest BCUT2D eigenvalue weighted by molar-refractivity contribution is 1.07. The Hall–Kier alpha value is -0.950. The van der Waals surface area contributed by atoms with E-state index in [1.165, 1.54) is 55.3 Å². The average molecular weight is 286 g/mol. The van der Waals surface area contributed by atoms with Gasteiger partial charge in [-0.3, -0.25) is 0 Å². The van der Waals surface area contributed by atoms with Crippen LogP contribution in [-0.2, 0) is 12.2 Å². The molecule has 0 saturated carbocycles. The lowest BCUT2D eigenvalue weighted by atomic mass is 9.82. The monoisotopic (exact) mass is 286 g/mol. The molecule has 2 aromatic carbocycles. The van der Waals surface area contributed by atoms with Gasteiger partial charge in [0.2, 0.25) is 0 Å². The van der Waals surface area contributed by atoms with Crippen molar-refractivity contribution in [3.05, 3.63) is 44.5 Å². The summed E-state index contributed by atoms with van der Waals surface area (Å²) in [5.41, 5.74) is 11.6. The zero-order valence-electron chi connectivity index (χ0n) is 13.9. The minimum absolute atomic E-state index is 0.821. The highest BCUT2D eigenvalue weighted by Crippen LogP contribution is 2.38. The molecular formula is C19H26S. The molecule has 2 rings (SSSR count). The first-order valence-corrected chi connectivity index (χ1v) is 8.11. The summed E-state index contributed by atoms with van der Waals surface area (Å²) in [7, 11) is 0. The van der Waals surface area contributed by atoms with Gasteiger partial charge in [0.15, 0.2) is 0 Å². The largest absolute Gasteiger partial charge is 0.175 e. The van der Waals surface area contributed by atoms with Gasteiger partial charge >= 0.3 is 0 Å². The Morgan fingerprint density at radius 1 is 0.600 bits per heavy atom. The molecule has 0 aliphatic heterocycles. The Morgan fingerprint density at radius 3 is 1.40 bits per heavy atom. The van der Waals surface area contributed by atoms with Gasteiger partial charge in [-0.25, -0.2) is 0 Å². The van der Waals surface area contributed by atoms with E-state index in [1.54, 1.807) is 0 Å². The van der Waals surface area contributed by atoms with Gasteiger partial charge in [-0.1, -0.05) is 6.92 Å². The molecule has 0 aliphatic rings. The van der Waals surface area contributed by atoms with E-state index in [2.05, 4.69) is 61.1 Å². The molecule has 0 bridgehead atoms. The average Bonchev–Trinajstić information content (AvgIpc) is 2.41. The van der Waals surface area contributed by atoms with Crippen molar-refractivity contribution in [3.63, 3.8) is 0 Å². The van der Waals surface area contributed by atoms with E-state index in [0.29, 0.717) is 0 Å². The van der Waals surface area contributed by atoms with Crippen molar-refractivity contribution in [3.8, 4) is 0 Å². The van der Waals surface area contributed by atoms with Crippen LogP contribution in [0.5, 0.6) is 0 Å². The zero-order chi connectivity index (χ0) is 15.2. The Kier molecular flexibility index (Phi) is 4.20. The summed E-state index contributed by atoms with van der Waals surface area (Å²) < 4.78 is 0. The molecule has 108 valence electrons. The summed E-state index contributed by atoms with van der Waals surface area (Å²) in [5, 5.41) is 2.94. The molecule has 0 aromatic heterocycles. The SMILES string of the molecule is CCc1c(C)c(C)c2c(C)c(CS)c(C)c(C)c2c1C. The molecule has 0 radical (unpaired) electrons. The van der Waals surface area contributed by atoms with Crippen LogP contribution >= 0.6 is 12.6 Å². The van der Waals surface area contributed by atoms with Crippen molar-refractivity contribution in [1.82, 2.24) is 0 Å². The van der Waals surface area contributed by atoms with E-state index < -0.39 is 0 Å². The summed E-state index contributed by atoms with van der Waals surface area (Å²) in [6.07, 6.45) is 1.11. The van der Waals surface area contributed by atoms with E-state index in [-0.39, 0.29) is 0 Å². The number of hydrogen-bond donors (Lipinski definition) is 1. The first-order chi connectivity index (χ1) is 9.36. The van der Waals surface area contributed by atoms with Gasteiger partial charge < -0.3 is 0 Å². The normalized spacial score (nSPS) is 11.4. The standard InChI is InChI=1S/C19H26S/c1-8-16-10(2)12(4)19-15(7)17(9-20)11(3)13(5)18(19)14(16)6/h20H,8-9H2,1-7H3.